The van der Waals surface area contributed by atoms with Gasteiger partial charge in [0.2, 0.25) is 11.8 Å². The minimum atomic E-state index is -0.908. The van der Waals surface area contributed by atoms with Gasteiger partial charge in [0.05, 0.1) is 54.9 Å². The van der Waals surface area contributed by atoms with Crippen LogP contribution in [0.1, 0.15) is 52.5 Å². The van der Waals surface area contributed by atoms with Crippen molar-refractivity contribution in [2.24, 2.45) is 5.41 Å². The summed E-state index contributed by atoms with van der Waals surface area (Å²) in [4.78, 5) is 96.5. The summed E-state index contributed by atoms with van der Waals surface area (Å²) >= 11 is 1.49. The predicted molar refractivity (Wildman–Crippen MR) is 215 cm³/mol. The average Bonchev–Trinajstić information content (AvgIpc) is 3.71. The maximum absolute atomic E-state index is 13.5. The number of imide groups is 1. The summed E-state index contributed by atoms with van der Waals surface area (Å²) in [6.07, 6.45) is 1.86. The molecule has 5 amide bonds. The van der Waals surface area contributed by atoms with Crippen molar-refractivity contribution in [3.05, 3.63) is 57.7 Å². The first-order chi connectivity index (χ1) is 27.5. The molecule has 16 nitrogen and oxygen atoms in total. The molecule has 0 unspecified atom stereocenters. The lowest BCUT2D eigenvalue weighted by Gasteiger charge is -2.33. The van der Waals surface area contributed by atoms with E-state index in [-0.39, 0.29) is 109 Å². The Morgan fingerprint density at radius 2 is 1.43 bits per heavy atom. The number of allylic oxidation sites excluding steroid dienone is 4. The van der Waals surface area contributed by atoms with Gasteiger partial charge < -0.3 is 34.1 Å². The number of aryl methyl sites for hydroxylation is 1. The number of ketones is 2. The number of aromatic nitrogens is 1. The minimum absolute atomic E-state index is 0.0188. The van der Waals surface area contributed by atoms with Crippen LogP contribution >= 0.6 is 11.3 Å². The number of hydrogen-bond donors (Lipinski definition) is 1. The second kappa shape index (κ2) is 21.1. The molecule has 0 spiro atoms. The maximum Gasteiger partial charge on any atom is 0.415 e. The van der Waals surface area contributed by atoms with Crippen LogP contribution < -0.4 is 10.1 Å². The van der Waals surface area contributed by atoms with Crippen LogP contribution in [0.5, 0.6) is 5.75 Å². The molecule has 0 atom stereocenters. The predicted octanol–water partition coefficient (Wildman–Crippen LogP) is 3.57. The van der Waals surface area contributed by atoms with E-state index >= 15 is 0 Å². The number of likely N-dealkylation sites (N-methyl/N-ethyl adjacent to an activating group) is 1. The van der Waals surface area contributed by atoms with Gasteiger partial charge in [-0.1, -0.05) is 13.8 Å². The number of amides is 5. The van der Waals surface area contributed by atoms with E-state index in [0.717, 1.165) is 20.1 Å². The van der Waals surface area contributed by atoms with E-state index in [9.17, 15) is 33.6 Å². The lowest BCUT2D eigenvalue weighted by atomic mass is 9.71. The van der Waals surface area contributed by atoms with Gasteiger partial charge >= 0.3 is 6.09 Å². The van der Waals surface area contributed by atoms with E-state index in [1.807, 2.05) is 6.92 Å². The van der Waals surface area contributed by atoms with E-state index in [2.05, 4.69) is 10.3 Å². The Labute approximate surface area is 342 Å². The molecule has 1 aliphatic carbocycles. The van der Waals surface area contributed by atoms with Gasteiger partial charge in [-0.3, -0.25) is 33.7 Å². The average molecular weight is 824 g/mol. The lowest BCUT2D eigenvalue weighted by molar-refractivity contribution is -0.137. The number of carbonyl (C=O) groups is 7. The number of thiazole rings is 1. The Hall–Kier alpha value is -5.10. The molecule has 2 heterocycles. The zero-order valence-corrected chi connectivity index (χ0v) is 35.1. The number of rotatable bonds is 22. The van der Waals surface area contributed by atoms with E-state index in [0.29, 0.717) is 28.0 Å². The smallest absolute Gasteiger partial charge is 0.410 e. The zero-order chi connectivity index (χ0) is 42.6. The van der Waals surface area contributed by atoms with Crippen molar-refractivity contribution in [1.82, 2.24) is 25.0 Å². The molecule has 0 saturated carbocycles. The highest BCUT2D eigenvalue weighted by Gasteiger charge is 2.39. The van der Waals surface area contributed by atoms with Gasteiger partial charge in [0.25, 0.3) is 11.8 Å². The molecule has 0 bridgehead atoms. The van der Waals surface area contributed by atoms with E-state index in [1.54, 1.807) is 59.9 Å². The molecule has 0 saturated heterocycles. The number of nitrogens with one attached hydrogen (secondary N) is 1. The highest BCUT2D eigenvalue weighted by molar-refractivity contribution is 7.18. The summed E-state index contributed by atoms with van der Waals surface area (Å²) in [7, 11) is 1.63. The number of hydrogen-bond acceptors (Lipinski definition) is 13. The standard InChI is InChI=1S/C41H53N5O11S/c1-26-27(2)39(52)37(28(3)38(26)51)41(5,6)25-36(50)44(7)15-16-45(40(53)57-30-8-9-31-32(24-30)58-29(4)43-31)17-19-55-21-23-56-22-20-54-18-12-33(47)42-13-14-46-34(48)10-11-35(46)49/h8-11,24H,12-23,25H2,1-7H3,(H,42,47). The van der Waals surface area contributed by atoms with Gasteiger partial charge in [-0.2, -0.15) is 0 Å². The summed E-state index contributed by atoms with van der Waals surface area (Å²) in [6.45, 7) is 12.4. The highest BCUT2D eigenvalue weighted by Crippen LogP contribution is 2.39. The van der Waals surface area contributed by atoms with Crippen LogP contribution in [-0.4, -0.2) is 140 Å². The fourth-order valence-corrected chi connectivity index (χ4v) is 7.23. The van der Waals surface area contributed by atoms with Crippen LogP contribution in [0.2, 0.25) is 0 Å². The van der Waals surface area contributed by atoms with Crippen molar-refractivity contribution in [2.75, 3.05) is 79.4 Å². The van der Waals surface area contributed by atoms with Gasteiger partial charge in [-0.05, 0) is 39.8 Å². The minimum Gasteiger partial charge on any atom is -0.410 e. The molecular formula is C41H53N5O11S. The van der Waals surface area contributed by atoms with Gasteiger partial charge in [-0.25, -0.2) is 9.78 Å². The van der Waals surface area contributed by atoms with Crippen molar-refractivity contribution in [3.63, 3.8) is 0 Å². The molecule has 4 rings (SSSR count). The second-order valence-electron chi connectivity index (χ2n) is 14.6. The van der Waals surface area contributed by atoms with Crippen molar-refractivity contribution in [2.45, 2.75) is 54.4 Å². The molecule has 1 aromatic carbocycles. The van der Waals surface area contributed by atoms with E-state index in [1.165, 1.54) is 33.3 Å². The van der Waals surface area contributed by atoms with Crippen molar-refractivity contribution < 1.29 is 52.5 Å². The summed E-state index contributed by atoms with van der Waals surface area (Å²) in [5.41, 5.74) is 1.41. The number of fused-ring (bicyclic) bond motifs is 1. The molecule has 2 aliphatic rings. The Morgan fingerprint density at radius 3 is 2.10 bits per heavy atom. The van der Waals surface area contributed by atoms with Crippen molar-refractivity contribution in [3.8, 4) is 5.75 Å². The number of nitrogens with zero attached hydrogens (tertiary/aromatic N) is 4. The van der Waals surface area contributed by atoms with Crippen LogP contribution in [0.3, 0.4) is 0 Å². The molecule has 0 fully saturated rings. The third kappa shape index (κ3) is 12.4. The summed E-state index contributed by atoms with van der Waals surface area (Å²) < 4.78 is 23.3. The van der Waals surface area contributed by atoms with Gasteiger partial charge in [0, 0.05) is 98.5 Å². The topological polar surface area (TPSA) is 191 Å². The molecule has 1 aliphatic heterocycles. The first-order valence-electron chi connectivity index (χ1n) is 19.1. The van der Waals surface area contributed by atoms with Crippen LogP contribution in [0.4, 0.5) is 4.79 Å². The summed E-state index contributed by atoms with van der Waals surface area (Å²) in [5.74, 6) is -1.37. The molecule has 0 radical (unpaired) electrons. The monoisotopic (exact) mass is 823 g/mol. The first-order valence-corrected chi connectivity index (χ1v) is 19.9. The number of ether oxygens (including phenoxy) is 4. The van der Waals surface area contributed by atoms with Gasteiger partial charge in [-0.15, -0.1) is 11.3 Å². The number of benzene rings is 1. The van der Waals surface area contributed by atoms with Crippen LogP contribution in [-0.2, 0) is 43.0 Å². The highest BCUT2D eigenvalue weighted by atomic mass is 32.1. The molecular weight excluding hydrogens is 771 g/mol. The zero-order valence-electron chi connectivity index (χ0n) is 34.3. The molecule has 1 N–H and O–H groups in total. The Balaban J connectivity index is 1.20. The van der Waals surface area contributed by atoms with Crippen LogP contribution in [0, 0.1) is 12.3 Å². The van der Waals surface area contributed by atoms with Crippen LogP contribution in [0.15, 0.2) is 52.6 Å². The SMILES string of the molecule is CC1=C(C)C(=O)C(C(C)(C)CC(=O)N(C)CCN(CCOCCOCCOCCC(=O)NCCN2C(=O)C=CC2=O)C(=O)Oc2ccc3nc(C)sc3c2)=C(C)C1=O. The Bertz CT molecular complexity index is 1980. The van der Waals surface area contributed by atoms with Crippen molar-refractivity contribution in [1.29, 1.82) is 0 Å². The van der Waals surface area contributed by atoms with Crippen molar-refractivity contribution >= 4 is 62.8 Å². The molecule has 2 aromatic rings. The molecule has 17 heteroatoms. The first kappa shape index (κ1) is 45.6. The summed E-state index contributed by atoms with van der Waals surface area (Å²) in [6, 6.07) is 5.22. The Kier molecular flexibility index (Phi) is 16.6. The third-order valence-corrected chi connectivity index (χ3v) is 10.7. The molecule has 58 heavy (non-hydrogen) atoms. The van der Waals surface area contributed by atoms with E-state index < -0.39 is 23.3 Å². The fraction of sp³-hybridized carbons (Fsp3) is 0.512. The number of Topliss-reactive ketones (excluding diaryl/α,β-unsaturated/α-hetero) is 2. The second-order valence-corrected chi connectivity index (χ2v) is 15.8. The quantitative estimate of drug-likeness (QED) is 0.103. The fourth-order valence-electron chi connectivity index (χ4n) is 6.38. The van der Waals surface area contributed by atoms with Gasteiger partial charge in [0.15, 0.2) is 11.6 Å². The lowest BCUT2D eigenvalue weighted by Crippen LogP contribution is -2.43. The molecule has 314 valence electrons. The van der Waals surface area contributed by atoms with Gasteiger partial charge in [0.1, 0.15) is 5.75 Å². The molecule has 1 aromatic heterocycles. The third-order valence-electron chi connectivity index (χ3n) is 9.80. The Morgan fingerprint density at radius 1 is 0.810 bits per heavy atom. The largest absolute Gasteiger partial charge is 0.415 e. The van der Waals surface area contributed by atoms with Crippen LogP contribution in [0.25, 0.3) is 10.2 Å². The normalized spacial score (nSPS) is 14.6. The maximum atomic E-state index is 13.5. The summed E-state index contributed by atoms with van der Waals surface area (Å²) in [5, 5.41) is 3.53. The van der Waals surface area contributed by atoms with E-state index in [4.69, 9.17) is 18.9 Å². The number of carbonyl (C=O) groups excluding carboxylic acids is 7.